The van der Waals surface area contributed by atoms with Gasteiger partial charge in [-0.05, 0) is 55.3 Å². The van der Waals surface area contributed by atoms with Crippen LogP contribution in [-0.4, -0.2) is 9.97 Å². The maximum Gasteiger partial charge on any atom is 0.140 e. The first-order chi connectivity index (χ1) is 18.5. The van der Waals surface area contributed by atoms with Gasteiger partial charge in [-0.1, -0.05) is 0 Å². The molecule has 0 bridgehead atoms. The molecule has 23 heteroatoms. The van der Waals surface area contributed by atoms with E-state index in [9.17, 15) is 4.39 Å². The fourth-order valence-corrected chi connectivity index (χ4v) is 43.5. The van der Waals surface area contributed by atoms with Crippen molar-refractivity contribution in [3.63, 3.8) is 0 Å². The molecule has 0 spiro atoms. The molecule has 0 aliphatic heterocycles. The number of halogens is 1. The zero-order valence-corrected chi connectivity index (χ0v) is 34.1. The molecule has 0 fully saturated rings. The van der Waals surface area contributed by atoms with Crippen molar-refractivity contribution in [3.05, 3.63) is 47.3 Å². The lowest BCUT2D eigenvalue weighted by Crippen LogP contribution is -1.92. The van der Waals surface area contributed by atoms with Crippen LogP contribution >= 0.6 is 0 Å². The second-order valence-corrected chi connectivity index (χ2v) is 36.0. The van der Waals surface area contributed by atoms with Crippen LogP contribution in [0.1, 0.15) is 11.1 Å². The Bertz CT molecular complexity index is 1960. The number of aromatic amines is 1. The van der Waals surface area contributed by atoms with Crippen molar-refractivity contribution in [1.82, 2.24) is 9.97 Å². The van der Waals surface area contributed by atoms with E-state index in [1.165, 1.54) is 41.0 Å². The summed E-state index contributed by atoms with van der Waals surface area (Å²) in [6.07, 6.45) is 0. The number of rotatable bonds is 1. The van der Waals surface area contributed by atoms with Crippen molar-refractivity contribution >= 4 is 190 Å². The lowest BCUT2D eigenvalue weighted by molar-refractivity contribution is 0.628. The number of nitrogen functional groups attached to an aromatic ring is 1. The van der Waals surface area contributed by atoms with E-state index >= 15 is 0 Å². The minimum absolute atomic E-state index is 0.343. The Morgan fingerprint density at radius 3 is 1.58 bits per heavy atom. The Balaban J connectivity index is 0.000000267. The smallest absolute Gasteiger partial charge is 0.140 e. The lowest BCUT2D eigenvalue weighted by atomic mass is 10.1. The fraction of sp³-hybridized carbons (Fsp3) is 0.133. The van der Waals surface area contributed by atoms with Crippen molar-refractivity contribution in [3.8, 4) is 11.4 Å². The van der Waals surface area contributed by atoms with Crippen LogP contribution in [0.2, 0.25) is 0 Å². The Morgan fingerprint density at radius 2 is 1.13 bits per heavy atom. The van der Waals surface area contributed by atoms with Gasteiger partial charge in [0.05, 0.1) is 11.0 Å². The number of benzene rings is 2. The molecule has 3 N–H and O–H groups in total. The van der Waals surface area contributed by atoms with Gasteiger partial charge in [-0.2, -0.15) is 0 Å². The molecule has 0 aliphatic rings. The first-order valence-electron chi connectivity index (χ1n) is 9.07. The molecule has 0 amide bonds. The number of fused-ring (bicyclic) bond motifs is 1. The largest absolute Gasteiger partial charge is 0.398 e. The van der Waals surface area contributed by atoms with E-state index in [0.717, 1.165) is 11.0 Å². The maximum absolute atomic E-state index is 13.1. The monoisotopic (exact) mass is 863 g/mol. The second kappa shape index (κ2) is 22.4. The van der Waals surface area contributed by atoms with Gasteiger partial charge in [0.2, 0.25) is 0 Å². The molecule has 1 aromatic heterocycles. The number of nitrogens with zero attached hydrogens (tertiary/aromatic N) is 1. The lowest BCUT2D eigenvalue weighted by Gasteiger charge is -2.01. The van der Waals surface area contributed by atoms with E-state index in [2.05, 4.69) is 29.9 Å². The molecule has 0 aliphatic carbocycles. The Kier molecular flexibility index (Phi) is 21.2. The summed E-state index contributed by atoms with van der Waals surface area (Å²) in [5.41, 5.74) is 11.2. The van der Waals surface area contributed by atoms with Crippen molar-refractivity contribution < 1.29 is 4.39 Å². The van der Waals surface area contributed by atoms with E-state index in [1.54, 1.807) is 139 Å². The van der Waals surface area contributed by atoms with Crippen LogP contribution in [0.25, 0.3) is 22.4 Å². The minimum atomic E-state index is -0.343. The van der Waals surface area contributed by atoms with Crippen molar-refractivity contribution in [2.75, 3.05) is 5.73 Å². The van der Waals surface area contributed by atoms with Gasteiger partial charge in [0.25, 0.3) is 0 Å². The van der Waals surface area contributed by atoms with Crippen molar-refractivity contribution in [1.29, 1.82) is 0 Å². The highest BCUT2D eigenvalue weighted by Gasteiger charge is 2.10. The summed E-state index contributed by atoms with van der Waals surface area (Å²) in [4.78, 5) is 7.74. The molecule has 0 saturated heterocycles. The summed E-state index contributed by atoms with van der Waals surface area (Å²) in [5.74, 6) is 0.321. The quantitative estimate of drug-likeness (QED) is 0.369. The predicted molar refractivity (Wildman–Crippen MR) is 215 cm³/mol. The molecule has 210 valence electrons. The number of aryl methyl sites for hydroxylation is 2. The molecule has 0 radical (unpaired) electrons. The van der Waals surface area contributed by atoms with Gasteiger partial charge in [-0.15, -0.1) is 0 Å². The maximum atomic E-state index is 13.1. The summed E-state index contributed by atoms with van der Waals surface area (Å²) in [5, 5.41) is 0. The Morgan fingerprint density at radius 1 is 0.684 bits per heavy atom. The third-order valence-electron chi connectivity index (χ3n) is 3.81. The molecule has 38 heavy (non-hydrogen) atoms. The molecule has 0 atom stereocenters. The van der Waals surface area contributed by atoms with Gasteiger partial charge in [0.1, 0.15) is 11.6 Å². The van der Waals surface area contributed by atoms with Crippen LogP contribution in [0.5, 0.6) is 0 Å². The van der Waals surface area contributed by atoms with E-state index in [4.69, 9.17) is 28.1 Å². The molecular weight excluding hydrogens is 850 g/mol. The molecule has 0 unspecified atom stereocenters. The molecule has 3 aromatic rings. The normalized spacial score (nSPS) is 9.24. The van der Waals surface area contributed by atoms with Crippen LogP contribution in [0, 0.1) is 19.7 Å². The van der Waals surface area contributed by atoms with E-state index in [-0.39, 0.29) is 5.82 Å². The van der Waals surface area contributed by atoms with Crippen LogP contribution in [0.15, 0.2) is 30.3 Å². The summed E-state index contributed by atoms with van der Waals surface area (Å²) < 4.78 is 13.1. The van der Waals surface area contributed by atoms with Gasteiger partial charge in [-0.25, -0.2) is 9.37 Å². The summed E-state index contributed by atoms with van der Waals surface area (Å²) >= 11 is 9.50. The predicted octanol–water partition coefficient (Wildman–Crippen LogP) is 3.52. The first kappa shape index (κ1) is 36.0. The number of anilines is 1. The van der Waals surface area contributed by atoms with Gasteiger partial charge in [0, 0.05) is 185 Å². The zero-order chi connectivity index (χ0) is 27.6. The summed E-state index contributed by atoms with van der Waals surface area (Å²) in [6, 6.07) is 8.42. The molecule has 1 heterocycles. The summed E-state index contributed by atoms with van der Waals surface area (Å²) in [6.45, 7) is 4.11. The number of imidazole rings is 1. The topological polar surface area (TPSA) is 54.7 Å². The van der Waals surface area contributed by atoms with E-state index in [0.29, 0.717) is 17.1 Å². The third-order valence-corrected chi connectivity index (χ3v) is 39.4. The molecule has 3 nitrogen and oxygen atoms in total. The highest BCUT2D eigenvalue weighted by Crippen LogP contribution is 2.27. The molecular formula is C15H14FN3S19. The highest BCUT2D eigenvalue weighted by atomic mass is 33.5. The standard InChI is InChI=1S/C15H14FN3.S19/c1-8-5-13-14(6-9(8)2)19-15(18-13)11-4-3-10(16)7-12(11)17;1-3-5-7-9-11-13-15-17-19-18-16-14-12-10-8-6-4-2/h3-7H,17H2,1-2H3,(H,18,19);. The van der Waals surface area contributed by atoms with Gasteiger partial charge in [0.15, 0.2) is 0 Å². The number of aromatic nitrogens is 2. The number of hydrogen-bond acceptors (Lipinski definition) is 4. The van der Waals surface area contributed by atoms with E-state index in [1.807, 2.05) is 6.07 Å². The van der Waals surface area contributed by atoms with Crippen LogP contribution in [0.4, 0.5) is 10.1 Å². The van der Waals surface area contributed by atoms with Crippen LogP contribution < -0.4 is 5.73 Å². The second-order valence-electron chi connectivity index (χ2n) is 5.93. The Labute approximate surface area is 277 Å². The van der Waals surface area contributed by atoms with E-state index < -0.39 is 0 Å². The average Bonchev–Trinajstić information content (AvgIpc) is 3.29. The third kappa shape index (κ3) is 14.8. The number of hydrogen-bond donors (Lipinski definition) is 2. The number of nitrogens with two attached hydrogens (primary N) is 1. The van der Waals surface area contributed by atoms with Crippen molar-refractivity contribution in [2.45, 2.75) is 13.8 Å². The van der Waals surface area contributed by atoms with Crippen molar-refractivity contribution in [2.24, 2.45) is 0 Å². The van der Waals surface area contributed by atoms with Crippen LogP contribution in [-0.2, 0) is 173 Å². The van der Waals surface area contributed by atoms with Gasteiger partial charge in [-0.3, -0.25) is 0 Å². The first-order valence-corrected chi connectivity index (χ1v) is 33.1. The minimum Gasteiger partial charge on any atom is -0.398 e. The molecule has 2 aromatic carbocycles. The Hall–Kier alpha value is 1.82. The van der Waals surface area contributed by atoms with Gasteiger partial charge >= 0.3 is 0 Å². The number of H-pyrrole nitrogens is 1. The molecule has 3 rings (SSSR count). The zero-order valence-electron chi connectivity index (χ0n) is 18.5. The molecule has 0 saturated carbocycles. The highest BCUT2D eigenvalue weighted by molar-refractivity contribution is 8.78. The number of nitrogens with one attached hydrogen (secondary N) is 1. The SMILES string of the molecule is Cc1cc2nc(-c3ccc(F)cc3N)[nH]c2cc1C.S=S=S=S=S=S=S=S=S=S=S=S=S=S=S=S=S=S=S. The van der Waals surface area contributed by atoms with Gasteiger partial charge < -0.3 is 10.7 Å². The van der Waals surface area contributed by atoms with Crippen LogP contribution in [0.3, 0.4) is 0 Å². The average molecular weight is 865 g/mol. The summed E-state index contributed by atoms with van der Waals surface area (Å²) in [7, 11) is 29.0. The fourth-order valence-electron chi connectivity index (χ4n) is 2.32.